The zero-order chi connectivity index (χ0) is 10.2. The summed E-state index contributed by atoms with van der Waals surface area (Å²) in [7, 11) is 0. The van der Waals surface area contributed by atoms with Crippen molar-refractivity contribution in [1.82, 2.24) is 0 Å². The molecule has 0 radical (unpaired) electrons. The highest BCUT2D eigenvalue weighted by atomic mass is 14.4. The van der Waals surface area contributed by atoms with Crippen molar-refractivity contribution >= 4 is 0 Å². The molecule has 0 N–H and O–H groups in total. The third-order valence-electron chi connectivity index (χ3n) is 4.33. The summed E-state index contributed by atoms with van der Waals surface area (Å²) in [6.45, 7) is 7.06. The van der Waals surface area contributed by atoms with E-state index in [9.17, 15) is 0 Å². The zero-order valence-electron chi connectivity index (χ0n) is 10.0. The van der Waals surface area contributed by atoms with Gasteiger partial charge in [-0.15, -0.1) is 0 Å². The van der Waals surface area contributed by atoms with Gasteiger partial charge in [0.05, 0.1) is 0 Å². The van der Waals surface area contributed by atoms with Gasteiger partial charge in [0.15, 0.2) is 0 Å². The molecule has 0 aromatic rings. The van der Waals surface area contributed by atoms with E-state index in [0.29, 0.717) is 5.41 Å². The average molecular weight is 192 g/mol. The molecule has 0 aromatic carbocycles. The highest BCUT2D eigenvalue weighted by molar-refractivity contribution is 5.16. The van der Waals surface area contributed by atoms with Crippen LogP contribution in [-0.2, 0) is 0 Å². The van der Waals surface area contributed by atoms with Crippen molar-refractivity contribution in [2.24, 2.45) is 10.8 Å². The van der Waals surface area contributed by atoms with Crippen molar-refractivity contribution in [3.63, 3.8) is 0 Å². The van der Waals surface area contributed by atoms with Crippen molar-refractivity contribution in [2.45, 2.75) is 65.7 Å². The number of hydrogen-bond acceptors (Lipinski definition) is 0. The fourth-order valence-corrected chi connectivity index (χ4v) is 3.20. The first kappa shape index (κ1) is 10.3. The Balaban J connectivity index is 2.06. The molecular weight excluding hydrogens is 168 g/mol. The quantitative estimate of drug-likeness (QED) is 0.488. The molecule has 0 aromatic heterocycles. The van der Waals surface area contributed by atoms with Crippen LogP contribution >= 0.6 is 0 Å². The molecule has 0 unspecified atom stereocenters. The Hall–Kier alpha value is -0.260. The predicted octanol–water partition coefficient (Wildman–Crippen LogP) is 4.70. The van der Waals surface area contributed by atoms with Gasteiger partial charge < -0.3 is 0 Å². The minimum absolute atomic E-state index is 0.417. The van der Waals surface area contributed by atoms with E-state index in [1.807, 2.05) is 0 Å². The van der Waals surface area contributed by atoms with Crippen molar-refractivity contribution in [3.05, 3.63) is 11.6 Å². The third kappa shape index (κ3) is 1.89. The summed E-state index contributed by atoms with van der Waals surface area (Å²) >= 11 is 0. The van der Waals surface area contributed by atoms with Crippen molar-refractivity contribution in [1.29, 1.82) is 0 Å². The molecule has 0 heterocycles. The number of hydrogen-bond donors (Lipinski definition) is 0. The van der Waals surface area contributed by atoms with Crippen LogP contribution in [0.5, 0.6) is 0 Å². The SMILES string of the molecule is CC(C)(C)C1=CCC2(CCCC2)CC1. The van der Waals surface area contributed by atoms with Gasteiger partial charge in [-0.2, -0.15) is 0 Å². The van der Waals surface area contributed by atoms with Crippen LogP contribution in [0.15, 0.2) is 11.6 Å². The lowest BCUT2D eigenvalue weighted by Crippen LogP contribution is -2.23. The molecule has 14 heavy (non-hydrogen) atoms. The molecule has 0 heteroatoms. The van der Waals surface area contributed by atoms with Crippen molar-refractivity contribution in [3.8, 4) is 0 Å². The van der Waals surface area contributed by atoms with Gasteiger partial charge in [0.2, 0.25) is 0 Å². The summed E-state index contributed by atoms with van der Waals surface area (Å²) in [5.41, 5.74) is 2.87. The van der Waals surface area contributed by atoms with Gasteiger partial charge in [0.1, 0.15) is 0 Å². The maximum atomic E-state index is 2.56. The topological polar surface area (TPSA) is 0 Å². The van der Waals surface area contributed by atoms with Gasteiger partial charge in [-0.05, 0) is 42.9 Å². The molecule has 2 aliphatic rings. The van der Waals surface area contributed by atoms with E-state index >= 15 is 0 Å². The molecule has 0 nitrogen and oxygen atoms in total. The standard InChI is InChI=1S/C14H24/c1-13(2,3)12-6-10-14(11-7-12)8-4-5-9-14/h6H,4-5,7-11H2,1-3H3. The lowest BCUT2D eigenvalue weighted by Gasteiger charge is -2.36. The Kier molecular flexibility index (Phi) is 2.49. The van der Waals surface area contributed by atoms with Crippen LogP contribution in [0, 0.1) is 10.8 Å². The van der Waals surface area contributed by atoms with E-state index in [0.717, 1.165) is 5.41 Å². The normalized spacial score (nSPS) is 26.6. The third-order valence-corrected chi connectivity index (χ3v) is 4.33. The average Bonchev–Trinajstić information content (AvgIpc) is 2.53. The maximum Gasteiger partial charge on any atom is -0.0173 e. The largest absolute Gasteiger partial charge is 0.0842 e. The molecule has 80 valence electrons. The molecule has 0 amide bonds. The summed E-state index contributed by atoms with van der Waals surface area (Å²) < 4.78 is 0. The van der Waals surface area contributed by atoms with Crippen LogP contribution in [0.2, 0.25) is 0 Å². The zero-order valence-corrected chi connectivity index (χ0v) is 10.0. The van der Waals surface area contributed by atoms with Crippen LogP contribution in [0.3, 0.4) is 0 Å². The molecule has 0 atom stereocenters. The molecule has 2 rings (SSSR count). The second-order valence-corrected chi connectivity index (χ2v) is 6.39. The lowest BCUT2D eigenvalue weighted by atomic mass is 9.69. The number of allylic oxidation sites excluding steroid dienone is 2. The highest BCUT2D eigenvalue weighted by Gasteiger charge is 2.36. The first-order valence-electron chi connectivity index (χ1n) is 6.21. The monoisotopic (exact) mass is 192 g/mol. The Morgan fingerprint density at radius 3 is 2.14 bits per heavy atom. The van der Waals surface area contributed by atoms with Gasteiger partial charge in [-0.1, -0.05) is 45.3 Å². The Morgan fingerprint density at radius 1 is 1.07 bits per heavy atom. The first-order valence-corrected chi connectivity index (χ1v) is 6.21. The van der Waals surface area contributed by atoms with Crippen LogP contribution in [-0.4, -0.2) is 0 Å². The van der Waals surface area contributed by atoms with E-state index in [1.165, 1.54) is 44.9 Å². The van der Waals surface area contributed by atoms with Gasteiger partial charge >= 0.3 is 0 Å². The predicted molar refractivity (Wildman–Crippen MR) is 62.3 cm³/mol. The van der Waals surface area contributed by atoms with Crippen molar-refractivity contribution in [2.75, 3.05) is 0 Å². The minimum Gasteiger partial charge on any atom is -0.0842 e. The fourth-order valence-electron chi connectivity index (χ4n) is 3.20. The molecular formula is C14H24. The van der Waals surface area contributed by atoms with Gasteiger partial charge in [0, 0.05) is 0 Å². The highest BCUT2D eigenvalue weighted by Crippen LogP contribution is 2.50. The smallest absolute Gasteiger partial charge is 0.0173 e. The second kappa shape index (κ2) is 3.40. The van der Waals surface area contributed by atoms with Gasteiger partial charge in [-0.25, -0.2) is 0 Å². The van der Waals surface area contributed by atoms with Crippen LogP contribution < -0.4 is 0 Å². The number of rotatable bonds is 0. The van der Waals surface area contributed by atoms with E-state index in [4.69, 9.17) is 0 Å². The van der Waals surface area contributed by atoms with Crippen LogP contribution in [0.25, 0.3) is 0 Å². The second-order valence-electron chi connectivity index (χ2n) is 6.39. The van der Waals surface area contributed by atoms with Gasteiger partial charge in [0.25, 0.3) is 0 Å². The fraction of sp³-hybridized carbons (Fsp3) is 0.857. The Labute approximate surface area is 88.8 Å². The molecule has 0 aliphatic heterocycles. The summed E-state index contributed by atoms with van der Waals surface area (Å²) in [5, 5.41) is 0. The molecule has 0 bridgehead atoms. The summed E-state index contributed by atoms with van der Waals surface area (Å²) in [6.07, 6.45) is 12.7. The minimum atomic E-state index is 0.417. The molecule has 1 fully saturated rings. The van der Waals surface area contributed by atoms with E-state index in [-0.39, 0.29) is 0 Å². The molecule has 0 saturated heterocycles. The molecule has 1 spiro atoms. The Bertz CT molecular complexity index is 233. The summed E-state index contributed by atoms with van der Waals surface area (Å²) in [5.74, 6) is 0. The van der Waals surface area contributed by atoms with Gasteiger partial charge in [-0.3, -0.25) is 0 Å². The molecule has 1 saturated carbocycles. The lowest BCUT2D eigenvalue weighted by molar-refractivity contribution is 0.250. The Morgan fingerprint density at radius 2 is 1.71 bits per heavy atom. The summed E-state index contributed by atoms with van der Waals surface area (Å²) in [6, 6.07) is 0. The van der Waals surface area contributed by atoms with Crippen LogP contribution in [0.4, 0.5) is 0 Å². The van der Waals surface area contributed by atoms with Crippen LogP contribution in [0.1, 0.15) is 65.7 Å². The maximum absolute atomic E-state index is 2.56. The van der Waals surface area contributed by atoms with E-state index in [1.54, 1.807) is 5.57 Å². The van der Waals surface area contributed by atoms with E-state index < -0.39 is 0 Å². The first-order chi connectivity index (χ1) is 6.52. The van der Waals surface area contributed by atoms with E-state index in [2.05, 4.69) is 26.8 Å². The van der Waals surface area contributed by atoms with Crippen molar-refractivity contribution < 1.29 is 0 Å². The molecule has 2 aliphatic carbocycles. The summed E-state index contributed by atoms with van der Waals surface area (Å²) in [4.78, 5) is 0.